The number of hydrogen-bond donors (Lipinski definition) is 1. The van der Waals surface area contributed by atoms with Crippen LogP contribution in [0.4, 0.5) is 0 Å². The van der Waals surface area contributed by atoms with Crippen molar-refractivity contribution in [2.75, 3.05) is 6.54 Å². The second-order valence-electron chi connectivity index (χ2n) is 2.32. The summed E-state index contributed by atoms with van der Waals surface area (Å²) in [5.41, 5.74) is 6.68. The van der Waals surface area contributed by atoms with Crippen LogP contribution >= 0.6 is 15.9 Å². The van der Waals surface area contributed by atoms with E-state index < -0.39 is 0 Å². The minimum atomic E-state index is 0.719. The fourth-order valence-electron chi connectivity index (χ4n) is 0.906. The molecule has 3 heteroatoms. The summed E-state index contributed by atoms with van der Waals surface area (Å²) < 4.78 is 3.14. The maximum atomic E-state index is 5.40. The highest BCUT2D eigenvalue weighted by Gasteiger charge is 1.97. The molecular weight excluding hydrogens is 192 g/mol. The van der Waals surface area contributed by atoms with E-state index in [1.54, 1.807) is 0 Å². The molecular formula is C7H11BrN2. The summed E-state index contributed by atoms with van der Waals surface area (Å²) in [6.07, 6.45) is 3.04. The number of nitrogens with zero attached hydrogens (tertiary/aromatic N) is 1. The lowest BCUT2D eigenvalue weighted by molar-refractivity contribution is 0.888. The largest absolute Gasteiger partial charge is 0.345 e. The van der Waals surface area contributed by atoms with Gasteiger partial charge in [-0.1, -0.05) is 0 Å². The van der Waals surface area contributed by atoms with Crippen LogP contribution in [0.5, 0.6) is 0 Å². The minimum Gasteiger partial charge on any atom is -0.345 e. The average molecular weight is 203 g/mol. The van der Waals surface area contributed by atoms with Gasteiger partial charge >= 0.3 is 0 Å². The highest BCUT2D eigenvalue weighted by Crippen LogP contribution is 2.13. The van der Waals surface area contributed by atoms with Crippen molar-refractivity contribution in [1.82, 2.24) is 4.57 Å². The number of aryl methyl sites for hydroxylation is 1. The summed E-state index contributed by atoms with van der Waals surface area (Å²) in [6.45, 7) is 0.719. The maximum Gasteiger partial charge on any atom is 0.0846 e. The second kappa shape index (κ2) is 3.21. The first-order chi connectivity index (χ1) is 4.74. The van der Waals surface area contributed by atoms with Crippen molar-refractivity contribution in [2.24, 2.45) is 12.8 Å². The minimum absolute atomic E-state index is 0.719. The molecule has 0 spiro atoms. The number of hydrogen-bond acceptors (Lipinski definition) is 1. The zero-order chi connectivity index (χ0) is 7.56. The van der Waals surface area contributed by atoms with E-state index in [0.717, 1.165) is 17.6 Å². The average Bonchev–Trinajstić information content (AvgIpc) is 2.14. The molecule has 0 aliphatic heterocycles. The van der Waals surface area contributed by atoms with Crippen LogP contribution < -0.4 is 5.73 Å². The summed E-state index contributed by atoms with van der Waals surface area (Å²) in [4.78, 5) is 0. The molecule has 0 atom stereocenters. The van der Waals surface area contributed by atoms with Crippen LogP contribution in [0.2, 0.25) is 0 Å². The number of halogens is 1. The molecule has 0 fully saturated rings. The van der Waals surface area contributed by atoms with Crippen LogP contribution in [0.3, 0.4) is 0 Å². The molecule has 2 N–H and O–H groups in total. The smallest absolute Gasteiger partial charge is 0.0846 e. The van der Waals surface area contributed by atoms with Gasteiger partial charge in [0, 0.05) is 13.2 Å². The van der Waals surface area contributed by atoms with Gasteiger partial charge in [-0.15, -0.1) is 0 Å². The van der Waals surface area contributed by atoms with E-state index in [4.69, 9.17) is 5.73 Å². The third-order valence-electron chi connectivity index (χ3n) is 1.43. The molecule has 0 aliphatic carbocycles. The Morgan fingerprint density at radius 3 is 2.80 bits per heavy atom. The van der Waals surface area contributed by atoms with Gasteiger partial charge in [0.1, 0.15) is 0 Å². The van der Waals surface area contributed by atoms with Gasteiger partial charge in [0.2, 0.25) is 0 Å². The zero-order valence-electron chi connectivity index (χ0n) is 5.97. The first-order valence-corrected chi connectivity index (χ1v) is 4.04. The van der Waals surface area contributed by atoms with Crippen molar-refractivity contribution >= 4 is 15.9 Å². The Bertz CT molecular complexity index is 198. The van der Waals surface area contributed by atoms with E-state index in [0.29, 0.717) is 0 Å². The van der Waals surface area contributed by atoms with Gasteiger partial charge in [-0.2, -0.15) is 0 Å². The second-order valence-corrected chi connectivity index (χ2v) is 3.13. The summed E-state index contributed by atoms with van der Waals surface area (Å²) in [7, 11) is 2.00. The van der Waals surface area contributed by atoms with Gasteiger partial charge < -0.3 is 10.3 Å². The van der Waals surface area contributed by atoms with E-state index in [-0.39, 0.29) is 0 Å². The molecule has 0 bridgehead atoms. The van der Waals surface area contributed by atoms with Gasteiger partial charge in [0.05, 0.1) is 4.60 Å². The molecule has 1 heterocycles. The van der Waals surface area contributed by atoms with Gasteiger partial charge in [-0.05, 0) is 40.5 Å². The number of nitrogens with two attached hydrogens (primary N) is 1. The normalized spacial score (nSPS) is 10.3. The summed E-state index contributed by atoms with van der Waals surface area (Å²) in [6, 6.07) is 2.09. The third-order valence-corrected chi connectivity index (χ3v) is 2.22. The van der Waals surface area contributed by atoms with Crippen molar-refractivity contribution in [3.8, 4) is 0 Å². The summed E-state index contributed by atoms with van der Waals surface area (Å²) in [5, 5.41) is 0. The highest BCUT2D eigenvalue weighted by molar-refractivity contribution is 9.10. The number of rotatable bonds is 2. The standard InChI is InChI=1S/C7H11BrN2/c1-10-5-6(2-3-9)4-7(10)8/h4-5H,2-3,9H2,1H3. The molecule has 1 rings (SSSR count). The Labute approximate surface area is 69.2 Å². The molecule has 0 amide bonds. The molecule has 2 nitrogen and oxygen atoms in total. The fourth-order valence-corrected chi connectivity index (χ4v) is 1.30. The van der Waals surface area contributed by atoms with Crippen molar-refractivity contribution in [2.45, 2.75) is 6.42 Å². The Kier molecular flexibility index (Phi) is 2.51. The topological polar surface area (TPSA) is 30.9 Å². The quantitative estimate of drug-likeness (QED) is 0.771. The summed E-state index contributed by atoms with van der Waals surface area (Å²) >= 11 is 3.41. The number of aromatic nitrogens is 1. The molecule has 0 aliphatic rings. The monoisotopic (exact) mass is 202 g/mol. The lowest BCUT2D eigenvalue weighted by Crippen LogP contribution is -2.01. The Hall–Kier alpha value is -0.280. The zero-order valence-corrected chi connectivity index (χ0v) is 7.56. The Balaban J connectivity index is 2.77. The summed E-state index contributed by atoms with van der Waals surface area (Å²) in [5.74, 6) is 0. The molecule has 0 saturated heterocycles. The molecule has 1 aromatic heterocycles. The van der Waals surface area contributed by atoms with Crippen LogP contribution in [0.25, 0.3) is 0 Å². The lowest BCUT2D eigenvalue weighted by atomic mass is 10.2. The van der Waals surface area contributed by atoms with Crippen molar-refractivity contribution < 1.29 is 0 Å². The van der Waals surface area contributed by atoms with Gasteiger partial charge in [0.15, 0.2) is 0 Å². The van der Waals surface area contributed by atoms with E-state index in [1.165, 1.54) is 5.56 Å². The maximum absolute atomic E-state index is 5.40. The molecule has 1 aromatic rings. The van der Waals surface area contributed by atoms with Crippen LogP contribution in [0.1, 0.15) is 5.56 Å². The van der Waals surface area contributed by atoms with E-state index in [1.807, 2.05) is 11.6 Å². The third kappa shape index (κ3) is 1.61. The molecule has 10 heavy (non-hydrogen) atoms. The first-order valence-electron chi connectivity index (χ1n) is 3.25. The van der Waals surface area contributed by atoms with Crippen LogP contribution in [-0.2, 0) is 13.5 Å². The van der Waals surface area contributed by atoms with Crippen LogP contribution in [-0.4, -0.2) is 11.1 Å². The predicted octanol–water partition coefficient (Wildman–Crippen LogP) is 1.29. The van der Waals surface area contributed by atoms with Gasteiger partial charge in [-0.3, -0.25) is 0 Å². The van der Waals surface area contributed by atoms with Crippen LogP contribution in [0.15, 0.2) is 16.9 Å². The van der Waals surface area contributed by atoms with E-state index in [9.17, 15) is 0 Å². The van der Waals surface area contributed by atoms with Crippen LogP contribution in [0, 0.1) is 0 Å². The fraction of sp³-hybridized carbons (Fsp3) is 0.429. The van der Waals surface area contributed by atoms with Gasteiger partial charge in [0.25, 0.3) is 0 Å². The van der Waals surface area contributed by atoms with Crippen molar-refractivity contribution in [3.63, 3.8) is 0 Å². The molecule has 0 unspecified atom stereocenters. The SMILES string of the molecule is Cn1cc(CCN)cc1Br. The first kappa shape index (κ1) is 7.82. The highest BCUT2D eigenvalue weighted by atomic mass is 79.9. The predicted molar refractivity (Wildman–Crippen MR) is 45.9 cm³/mol. The molecule has 0 radical (unpaired) electrons. The molecule has 0 aromatic carbocycles. The molecule has 0 saturated carbocycles. The Morgan fingerprint density at radius 1 is 1.70 bits per heavy atom. The van der Waals surface area contributed by atoms with E-state index in [2.05, 4.69) is 28.2 Å². The van der Waals surface area contributed by atoms with E-state index >= 15 is 0 Å². The molecule has 56 valence electrons. The van der Waals surface area contributed by atoms with Gasteiger partial charge in [-0.25, -0.2) is 0 Å². The Morgan fingerprint density at radius 2 is 2.40 bits per heavy atom. The van der Waals surface area contributed by atoms with Crippen molar-refractivity contribution in [3.05, 3.63) is 22.4 Å². The lowest BCUT2D eigenvalue weighted by Gasteiger charge is -1.89. The van der Waals surface area contributed by atoms with Crippen molar-refractivity contribution in [1.29, 1.82) is 0 Å².